The number of carbonyl (C=O) groups excluding carboxylic acids is 2. The molecule has 3 rings (SSSR count). The first-order chi connectivity index (χ1) is 14.9. The molecule has 0 fully saturated rings. The molecule has 0 aliphatic carbocycles. The maximum absolute atomic E-state index is 12.7. The van der Waals surface area contributed by atoms with Gasteiger partial charge in [0, 0.05) is 29.2 Å². The van der Waals surface area contributed by atoms with E-state index < -0.39 is 18.5 Å². The molecule has 0 bridgehead atoms. The first kappa shape index (κ1) is 22.2. The van der Waals surface area contributed by atoms with Gasteiger partial charge < -0.3 is 9.64 Å². The maximum atomic E-state index is 12.7. The lowest BCUT2D eigenvalue weighted by Gasteiger charge is -2.21. The molecule has 0 aliphatic rings. The summed E-state index contributed by atoms with van der Waals surface area (Å²) in [5.74, 6) is -0.459. The van der Waals surface area contributed by atoms with Crippen LogP contribution in [-0.2, 0) is 20.7 Å². The van der Waals surface area contributed by atoms with Crippen molar-refractivity contribution in [2.45, 2.75) is 31.8 Å². The van der Waals surface area contributed by atoms with E-state index in [2.05, 4.69) is 15.1 Å². The highest BCUT2D eigenvalue weighted by molar-refractivity contribution is 7.98. The fourth-order valence-corrected chi connectivity index (χ4v) is 3.45. The predicted octanol–water partition coefficient (Wildman–Crippen LogP) is 2.50. The molecule has 31 heavy (non-hydrogen) atoms. The van der Waals surface area contributed by atoms with Gasteiger partial charge in [0.2, 0.25) is 5.16 Å². The Kier molecular flexibility index (Phi) is 7.20. The highest BCUT2D eigenvalue weighted by atomic mass is 32.2. The van der Waals surface area contributed by atoms with Crippen molar-refractivity contribution in [3.05, 3.63) is 47.3 Å². The van der Waals surface area contributed by atoms with E-state index in [1.165, 1.54) is 16.7 Å². The monoisotopic (exact) mass is 438 g/mol. The standard InChI is InChI=1S/C21H22N6O3S/c1-14-17(15(2)27-20(23-14)24-21(25-27)31-3)12-19(29)30-13-18(28)26(11-7-10-22)16-8-5-4-6-9-16/h4-6,8-9H,7,11-13H2,1-3H3. The summed E-state index contributed by atoms with van der Waals surface area (Å²) in [5.41, 5.74) is 2.74. The first-order valence-electron chi connectivity index (χ1n) is 9.59. The Morgan fingerprint density at radius 3 is 2.65 bits per heavy atom. The van der Waals surface area contributed by atoms with Crippen molar-refractivity contribution in [2.24, 2.45) is 0 Å². The predicted molar refractivity (Wildman–Crippen MR) is 116 cm³/mol. The number of esters is 1. The van der Waals surface area contributed by atoms with Crippen molar-refractivity contribution in [3.63, 3.8) is 0 Å². The van der Waals surface area contributed by atoms with Gasteiger partial charge in [-0.2, -0.15) is 10.2 Å². The van der Waals surface area contributed by atoms with E-state index in [-0.39, 0.29) is 19.4 Å². The molecule has 1 amide bonds. The molecular formula is C21H22N6O3S. The van der Waals surface area contributed by atoms with Gasteiger partial charge in [-0.1, -0.05) is 30.0 Å². The van der Waals surface area contributed by atoms with Gasteiger partial charge in [-0.05, 0) is 32.2 Å². The Morgan fingerprint density at radius 2 is 1.97 bits per heavy atom. The molecule has 0 atom stereocenters. The number of carbonyl (C=O) groups is 2. The molecule has 0 saturated heterocycles. The molecular weight excluding hydrogens is 416 g/mol. The van der Waals surface area contributed by atoms with E-state index >= 15 is 0 Å². The number of benzene rings is 1. The molecule has 1 aromatic carbocycles. The Bertz CT molecular complexity index is 1140. The van der Waals surface area contributed by atoms with Crippen LogP contribution in [-0.4, -0.2) is 50.9 Å². The van der Waals surface area contributed by atoms with Crippen LogP contribution in [0.1, 0.15) is 23.4 Å². The number of nitriles is 1. The molecule has 0 unspecified atom stereocenters. The molecule has 10 heteroatoms. The van der Waals surface area contributed by atoms with E-state index in [9.17, 15) is 9.59 Å². The topological polar surface area (TPSA) is 113 Å². The van der Waals surface area contributed by atoms with E-state index in [0.29, 0.717) is 27.9 Å². The number of amides is 1. The van der Waals surface area contributed by atoms with Crippen LogP contribution in [0.25, 0.3) is 5.78 Å². The SMILES string of the molecule is CSc1nc2nc(C)c(CC(=O)OCC(=O)N(CCC#N)c3ccccc3)c(C)n2n1. The number of fused-ring (bicyclic) bond motifs is 1. The average molecular weight is 439 g/mol. The molecule has 2 heterocycles. The van der Waals surface area contributed by atoms with Crippen molar-refractivity contribution in [3.8, 4) is 6.07 Å². The summed E-state index contributed by atoms with van der Waals surface area (Å²) < 4.78 is 6.85. The third-order valence-corrected chi connectivity index (χ3v) is 5.24. The first-order valence-corrected chi connectivity index (χ1v) is 10.8. The lowest BCUT2D eigenvalue weighted by molar-refractivity contribution is -0.147. The fourth-order valence-electron chi connectivity index (χ4n) is 3.12. The number of rotatable bonds is 8. The van der Waals surface area contributed by atoms with E-state index in [1.807, 2.05) is 25.3 Å². The third kappa shape index (κ3) is 5.19. The van der Waals surface area contributed by atoms with Crippen LogP contribution in [0.4, 0.5) is 5.69 Å². The number of aryl methyl sites for hydroxylation is 2. The zero-order valence-corrected chi connectivity index (χ0v) is 18.3. The summed E-state index contributed by atoms with van der Waals surface area (Å²) in [6.07, 6.45) is 2.02. The van der Waals surface area contributed by atoms with Crippen molar-refractivity contribution in [2.75, 3.05) is 24.3 Å². The van der Waals surface area contributed by atoms with Crippen LogP contribution in [0.3, 0.4) is 0 Å². The number of aromatic nitrogens is 4. The maximum Gasteiger partial charge on any atom is 0.310 e. The molecule has 0 spiro atoms. The number of anilines is 1. The van der Waals surface area contributed by atoms with Crippen molar-refractivity contribution in [1.29, 1.82) is 5.26 Å². The lowest BCUT2D eigenvalue weighted by Crippen LogP contribution is -2.35. The van der Waals surface area contributed by atoms with Gasteiger partial charge in [-0.3, -0.25) is 9.59 Å². The van der Waals surface area contributed by atoms with Gasteiger partial charge >= 0.3 is 5.97 Å². The summed E-state index contributed by atoms with van der Waals surface area (Å²) in [4.78, 5) is 35.3. The van der Waals surface area contributed by atoms with Crippen LogP contribution < -0.4 is 4.90 Å². The largest absolute Gasteiger partial charge is 0.455 e. The minimum absolute atomic E-state index is 0.0358. The molecule has 2 aromatic heterocycles. The molecule has 0 radical (unpaired) electrons. The summed E-state index contributed by atoms with van der Waals surface area (Å²) in [6, 6.07) is 11.0. The Labute approximate surface area is 184 Å². The van der Waals surface area contributed by atoms with Gasteiger partial charge in [0.25, 0.3) is 11.7 Å². The van der Waals surface area contributed by atoms with Crippen molar-refractivity contribution >= 4 is 35.1 Å². The summed E-state index contributed by atoms with van der Waals surface area (Å²) in [7, 11) is 0. The number of nitrogens with zero attached hydrogens (tertiary/aromatic N) is 6. The number of hydrogen-bond donors (Lipinski definition) is 0. The number of ether oxygens (including phenoxy) is 1. The molecule has 3 aromatic rings. The van der Waals surface area contributed by atoms with Crippen LogP contribution in [0.15, 0.2) is 35.5 Å². The lowest BCUT2D eigenvalue weighted by atomic mass is 10.1. The highest BCUT2D eigenvalue weighted by Crippen LogP contribution is 2.18. The van der Waals surface area contributed by atoms with Crippen molar-refractivity contribution < 1.29 is 14.3 Å². The molecule has 0 saturated carbocycles. The van der Waals surface area contributed by atoms with Crippen LogP contribution in [0.2, 0.25) is 0 Å². The van der Waals surface area contributed by atoms with Crippen LogP contribution >= 0.6 is 11.8 Å². The molecule has 9 nitrogen and oxygen atoms in total. The zero-order chi connectivity index (χ0) is 22.4. The minimum atomic E-state index is -0.542. The highest BCUT2D eigenvalue weighted by Gasteiger charge is 2.20. The second-order valence-electron chi connectivity index (χ2n) is 6.70. The van der Waals surface area contributed by atoms with Gasteiger partial charge in [0.1, 0.15) is 0 Å². The minimum Gasteiger partial charge on any atom is -0.455 e. The second kappa shape index (κ2) is 10.0. The van der Waals surface area contributed by atoms with E-state index in [0.717, 1.165) is 5.69 Å². The number of thioether (sulfide) groups is 1. The van der Waals surface area contributed by atoms with Gasteiger partial charge in [0.05, 0.1) is 18.9 Å². The average Bonchev–Trinajstić information content (AvgIpc) is 3.19. The Morgan fingerprint density at radius 1 is 1.23 bits per heavy atom. The van der Waals surface area contributed by atoms with Crippen LogP contribution in [0.5, 0.6) is 0 Å². The van der Waals surface area contributed by atoms with E-state index in [4.69, 9.17) is 10.00 Å². The third-order valence-electron chi connectivity index (χ3n) is 4.71. The normalized spacial score (nSPS) is 10.6. The second-order valence-corrected chi connectivity index (χ2v) is 7.47. The quantitative estimate of drug-likeness (QED) is 0.389. The smallest absolute Gasteiger partial charge is 0.310 e. The molecule has 0 aliphatic heterocycles. The van der Waals surface area contributed by atoms with Crippen molar-refractivity contribution in [1.82, 2.24) is 19.6 Å². The number of para-hydroxylation sites is 1. The Balaban J connectivity index is 1.69. The molecule has 0 N–H and O–H groups in total. The fraction of sp³-hybridized carbons (Fsp3) is 0.333. The zero-order valence-electron chi connectivity index (χ0n) is 17.5. The molecule has 160 valence electrons. The van der Waals surface area contributed by atoms with Gasteiger partial charge in [-0.15, -0.1) is 5.10 Å². The summed E-state index contributed by atoms with van der Waals surface area (Å²) in [5, 5.41) is 13.8. The Hall–Kier alpha value is -3.45. The summed E-state index contributed by atoms with van der Waals surface area (Å²) >= 11 is 1.41. The summed E-state index contributed by atoms with van der Waals surface area (Å²) in [6.45, 7) is 3.45. The van der Waals surface area contributed by atoms with Gasteiger partial charge in [-0.25, -0.2) is 9.50 Å². The van der Waals surface area contributed by atoms with E-state index in [1.54, 1.807) is 35.7 Å². The van der Waals surface area contributed by atoms with Gasteiger partial charge in [0.15, 0.2) is 6.61 Å². The number of hydrogen-bond acceptors (Lipinski definition) is 8. The van der Waals surface area contributed by atoms with Crippen LogP contribution in [0, 0.1) is 25.2 Å².